The monoisotopic (exact) mass is 749 g/mol. The number of nitrogens with zero attached hydrogens (tertiary/aromatic N) is 3. The molecule has 2 aromatic heterocycles. The van der Waals surface area contributed by atoms with Gasteiger partial charge in [-0.2, -0.15) is 31.6 Å². The second-order valence-electron chi connectivity index (χ2n) is 14.0. The molecule has 274 valence electrons. The van der Waals surface area contributed by atoms with Crippen molar-refractivity contribution in [2.75, 3.05) is 0 Å². The highest BCUT2D eigenvalue weighted by Crippen LogP contribution is 2.47. The molecule has 0 unspecified atom stereocenters. The summed E-state index contributed by atoms with van der Waals surface area (Å²) in [5, 5.41) is 13.9. The van der Waals surface area contributed by atoms with Crippen molar-refractivity contribution >= 4 is 43.6 Å². The number of hydrogen-bond donors (Lipinski definition) is 0. The van der Waals surface area contributed by atoms with Gasteiger partial charge in [-0.15, -0.1) is 0 Å². The zero-order valence-corrected chi connectivity index (χ0v) is 29.9. The topological polar surface area (TPSA) is 33.6 Å². The van der Waals surface area contributed by atoms with Crippen LogP contribution < -0.4 is 0 Å². The highest BCUT2D eigenvalue weighted by molar-refractivity contribution is 6.12. The standard InChI is InChI=1S/C47H29F6N3/c1-27-14-20-41-35(22-27)31-8-3-5-12-39(31)55(41)43-24-29(26-54)16-18-33(43)34-19-17-30(45-37(46(48,49)50)10-7-11-38(45)47(51,52)53)25-44(34)56-40-13-6-4-9-32(40)36-23-28(2)15-21-42(36)56/h3-25H,1-2H3. The number of fused-ring (bicyclic) bond motifs is 6. The maximum absolute atomic E-state index is 14.6. The lowest BCUT2D eigenvalue weighted by Crippen LogP contribution is -2.14. The molecule has 0 aliphatic heterocycles. The number of para-hydroxylation sites is 2. The molecule has 0 spiro atoms. The molecule has 0 amide bonds. The van der Waals surface area contributed by atoms with Crippen molar-refractivity contribution in [3.8, 4) is 39.7 Å². The molecule has 0 N–H and O–H groups in total. The van der Waals surface area contributed by atoms with E-state index in [1.807, 2.05) is 97.3 Å². The van der Waals surface area contributed by atoms with E-state index in [1.165, 1.54) is 12.1 Å². The number of alkyl halides is 6. The van der Waals surface area contributed by atoms with Crippen molar-refractivity contribution in [1.29, 1.82) is 5.26 Å². The predicted molar refractivity (Wildman–Crippen MR) is 210 cm³/mol. The molecule has 3 nitrogen and oxygen atoms in total. The number of hydrogen-bond acceptors (Lipinski definition) is 1. The number of aromatic nitrogens is 2. The molecule has 0 aliphatic carbocycles. The molecular weight excluding hydrogens is 721 g/mol. The summed E-state index contributed by atoms with van der Waals surface area (Å²) in [6.07, 6.45) is -10.1. The van der Waals surface area contributed by atoms with E-state index in [-0.39, 0.29) is 5.56 Å². The Labute approximate surface area is 316 Å². The van der Waals surface area contributed by atoms with Gasteiger partial charge in [-0.3, -0.25) is 0 Å². The van der Waals surface area contributed by atoms with Crippen LogP contribution in [0.15, 0.2) is 140 Å². The van der Waals surface area contributed by atoms with E-state index in [0.29, 0.717) is 45.7 Å². The zero-order valence-electron chi connectivity index (χ0n) is 29.9. The van der Waals surface area contributed by atoms with Gasteiger partial charge >= 0.3 is 12.4 Å². The molecule has 0 atom stereocenters. The van der Waals surface area contributed by atoms with Crippen LogP contribution in [0, 0.1) is 25.2 Å². The molecule has 0 saturated carbocycles. The number of aryl methyl sites for hydroxylation is 2. The minimum atomic E-state index is -5.07. The summed E-state index contributed by atoms with van der Waals surface area (Å²) in [7, 11) is 0. The van der Waals surface area contributed by atoms with Crippen LogP contribution in [0.5, 0.6) is 0 Å². The minimum absolute atomic E-state index is 0.246. The predicted octanol–water partition coefficient (Wildman–Crippen LogP) is 13.7. The van der Waals surface area contributed by atoms with Crippen molar-refractivity contribution in [3.05, 3.63) is 167 Å². The second kappa shape index (κ2) is 12.6. The molecule has 9 heteroatoms. The van der Waals surface area contributed by atoms with Crippen molar-refractivity contribution in [2.24, 2.45) is 0 Å². The van der Waals surface area contributed by atoms with Crippen LogP contribution in [0.3, 0.4) is 0 Å². The summed E-state index contributed by atoms with van der Waals surface area (Å²) in [5.74, 6) is 0. The number of halogens is 6. The molecule has 56 heavy (non-hydrogen) atoms. The molecule has 0 fully saturated rings. The summed E-state index contributed by atoms with van der Waals surface area (Å²) in [6, 6.07) is 41.4. The third-order valence-electron chi connectivity index (χ3n) is 10.5. The van der Waals surface area contributed by atoms with Crippen LogP contribution in [0.25, 0.3) is 77.2 Å². The SMILES string of the molecule is Cc1ccc2c(c1)c1ccccc1n2-c1cc(C#N)ccc1-c1ccc(-c2c(C(F)(F)F)cccc2C(F)(F)F)cc1-n1c2ccccc2c2cc(C)ccc21. The lowest BCUT2D eigenvalue weighted by molar-refractivity contribution is -0.142. The van der Waals surface area contributed by atoms with Crippen LogP contribution >= 0.6 is 0 Å². The van der Waals surface area contributed by atoms with E-state index in [0.717, 1.165) is 55.3 Å². The van der Waals surface area contributed by atoms with E-state index in [4.69, 9.17) is 0 Å². The number of rotatable bonds is 4. The largest absolute Gasteiger partial charge is 0.417 e. The molecule has 0 aliphatic rings. The van der Waals surface area contributed by atoms with Gasteiger partial charge in [-0.25, -0.2) is 0 Å². The molecular formula is C47H29F6N3. The van der Waals surface area contributed by atoms with Crippen molar-refractivity contribution in [2.45, 2.75) is 26.2 Å². The smallest absolute Gasteiger partial charge is 0.309 e. The highest BCUT2D eigenvalue weighted by Gasteiger charge is 2.41. The number of benzene rings is 7. The van der Waals surface area contributed by atoms with Gasteiger partial charge in [-0.05, 0) is 86.1 Å². The summed E-state index contributed by atoms with van der Waals surface area (Å²) in [6.45, 7) is 3.97. The van der Waals surface area contributed by atoms with E-state index in [1.54, 1.807) is 24.3 Å². The highest BCUT2D eigenvalue weighted by atomic mass is 19.4. The fraction of sp³-hybridized carbons (Fsp3) is 0.0851. The summed E-state index contributed by atoms with van der Waals surface area (Å²) in [5.41, 5.74) is 3.76. The summed E-state index contributed by atoms with van der Waals surface area (Å²) < 4.78 is 91.8. The van der Waals surface area contributed by atoms with Gasteiger partial charge in [0.1, 0.15) is 0 Å². The van der Waals surface area contributed by atoms with Crippen molar-refractivity contribution in [1.82, 2.24) is 9.13 Å². The van der Waals surface area contributed by atoms with Gasteiger partial charge in [-0.1, -0.05) is 83.9 Å². The van der Waals surface area contributed by atoms with Crippen molar-refractivity contribution in [3.63, 3.8) is 0 Å². The first-order chi connectivity index (χ1) is 26.8. The van der Waals surface area contributed by atoms with Crippen LogP contribution in [0.1, 0.15) is 27.8 Å². The van der Waals surface area contributed by atoms with Gasteiger partial charge in [0, 0.05) is 38.2 Å². The molecule has 9 aromatic rings. The quantitative estimate of drug-likeness (QED) is 0.165. The summed E-state index contributed by atoms with van der Waals surface area (Å²) >= 11 is 0. The first-order valence-electron chi connectivity index (χ1n) is 17.8. The van der Waals surface area contributed by atoms with E-state index < -0.39 is 29.0 Å². The zero-order chi connectivity index (χ0) is 39.1. The van der Waals surface area contributed by atoms with E-state index in [9.17, 15) is 31.6 Å². The van der Waals surface area contributed by atoms with Crippen molar-refractivity contribution < 1.29 is 26.3 Å². The molecule has 2 heterocycles. The molecule has 9 rings (SSSR count). The van der Waals surface area contributed by atoms with Gasteiger partial charge in [0.15, 0.2) is 0 Å². The number of nitriles is 1. The van der Waals surface area contributed by atoms with Gasteiger partial charge in [0.2, 0.25) is 0 Å². The normalized spacial score (nSPS) is 12.3. The molecule has 0 saturated heterocycles. The lowest BCUT2D eigenvalue weighted by atomic mass is 9.90. The van der Waals surface area contributed by atoms with Crippen LogP contribution in [-0.4, -0.2) is 9.13 Å². The molecule has 0 bridgehead atoms. The molecule has 7 aromatic carbocycles. The Morgan fingerprint density at radius 2 is 0.929 bits per heavy atom. The Morgan fingerprint density at radius 3 is 1.43 bits per heavy atom. The lowest BCUT2D eigenvalue weighted by Gasteiger charge is -2.22. The fourth-order valence-electron chi connectivity index (χ4n) is 8.14. The third-order valence-corrected chi connectivity index (χ3v) is 10.5. The fourth-order valence-corrected chi connectivity index (χ4v) is 8.14. The Bertz CT molecular complexity index is 3070. The Kier molecular flexibility index (Phi) is 7.89. The molecule has 0 radical (unpaired) electrons. The summed E-state index contributed by atoms with van der Waals surface area (Å²) in [4.78, 5) is 0. The van der Waals surface area contributed by atoms with E-state index >= 15 is 0 Å². The first-order valence-corrected chi connectivity index (χ1v) is 17.8. The van der Waals surface area contributed by atoms with Crippen LogP contribution in [-0.2, 0) is 12.4 Å². The van der Waals surface area contributed by atoms with Crippen LogP contribution in [0.4, 0.5) is 26.3 Å². The van der Waals surface area contributed by atoms with Gasteiger partial charge < -0.3 is 9.13 Å². The van der Waals surface area contributed by atoms with Crippen LogP contribution in [0.2, 0.25) is 0 Å². The Morgan fingerprint density at radius 1 is 0.464 bits per heavy atom. The Hall–Kier alpha value is -6.79. The van der Waals surface area contributed by atoms with Gasteiger partial charge in [0.25, 0.3) is 0 Å². The average molecular weight is 750 g/mol. The first kappa shape index (κ1) is 34.9. The third kappa shape index (κ3) is 5.51. The Balaban J connectivity index is 1.44. The van der Waals surface area contributed by atoms with E-state index in [2.05, 4.69) is 16.7 Å². The average Bonchev–Trinajstić information content (AvgIpc) is 3.68. The minimum Gasteiger partial charge on any atom is -0.309 e. The second-order valence-corrected chi connectivity index (χ2v) is 14.0. The van der Waals surface area contributed by atoms with Gasteiger partial charge in [0.05, 0.1) is 56.2 Å². The maximum Gasteiger partial charge on any atom is 0.417 e. The maximum atomic E-state index is 14.6.